The van der Waals surface area contributed by atoms with E-state index in [1.54, 1.807) is 6.92 Å². The zero-order chi connectivity index (χ0) is 15.6. The first-order valence-corrected chi connectivity index (χ1v) is 7.00. The number of aromatic carboxylic acids is 1. The number of aromatic amines is 1. The lowest BCUT2D eigenvalue weighted by Crippen LogP contribution is -2.39. The van der Waals surface area contributed by atoms with E-state index in [2.05, 4.69) is 4.98 Å². The predicted molar refractivity (Wildman–Crippen MR) is 62.9 cm³/mol. The van der Waals surface area contributed by atoms with Crippen LogP contribution in [0.2, 0.25) is 0 Å². The van der Waals surface area contributed by atoms with Gasteiger partial charge in [-0.15, -0.1) is 0 Å². The smallest absolute Gasteiger partial charge is 0.402 e. The van der Waals surface area contributed by atoms with Gasteiger partial charge in [-0.25, -0.2) is 13.2 Å². The van der Waals surface area contributed by atoms with Gasteiger partial charge in [-0.1, -0.05) is 6.92 Å². The van der Waals surface area contributed by atoms with Crippen LogP contribution in [0.5, 0.6) is 0 Å². The largest absolute Gasteiger partial charge is 0.477 e. The Bertz CT molecular complexity index is 580. The summed E-state index contributed by atoms with van der Waals surface area (Å²) in [5.74, 6) is -1.40. The van der Waals surface area contributed by atoms with Gasteiger partial charge in [-0.3, -0.25) is 0 Å². The van der Waals surface area contributed by atoms with Gasteiger partial charge >= 0.3 is 12.1 Å². The van der Waals surface area contributed by atoms with Crippen LogP contribution < -0.4 is 0 Å². The molecule has 0 bridgehead atoms. The van der Waals surface area contributed by atoms with E-state index >= 15 is 0 Å². The third kappa shape index (κ3) is 3.97. The Morgan fingerprint density at radius 3 is 2.45 bits per heavy atom. The van der Waals surface area contributed by atoms with Gasteiger partial charge in [0.2, 0.25) is 10.0 Å². The normalized spacial score (nSPS) is 12.8. The molecule has 0 aliphatic heterocycles. The lowest BCUT2D eigenvalue weighted by atomic mass is 10.4. The van der Waals surface area contributed by atoms with Crippen molar-refractivity contribution in [3.05, 3.63) is 18.0 Å². The molecule has 0 atom stereocenters. The number of carboxylic acid groups (broad SMARTS) is 1. The minimum atomic E-state index is -4.67. The van der Waals surface area contributed by atoms with E-state index in [1.807, 2.05) is 0 Å². The fraction of sp³-hybridized carbons (Fsp3) is 0.500. The Balaban J connectivity index is 3.11. The van der Waals surface area contributed by atoms with Crippen LogP contribution in [0.1, 0.15) is 23.8 Å². The number of hydrogen-bond donors (Lipinski definition) is 2. The van der Waals surface area contributed by atoms with Crippen molar-refractivity contribution < 1.29 is 31.5 Å². The van der Waals surface area contributed by atoms with Crippen molar-refractivity contribution in [2.24, 2.45) is 0 Å². The molecule has 0 saturated carbocycles. The zero-order valence-corrected chi connectivity index (χ0v) is 11.3. The molecule has 1 aromatic rings. The first kappa shape index (κ1) is 16.5. The topological polar surface area (TPSA) is 90.5 Å². The summed E-state index contributed by atoms with van der Waals surface area (Å²) in [4.78, 5) is 12.3. The lowest BCUT2D eigenvalue weighted by molar-refractivity contribution is -0.136. The molecule has 0 radical (unpaired) electrons. The molecule has 0 saturated heterocycles. The fourth-order valence-electron chi connectivity index (χ4n) is 1.53. The second kappa shape index (κ2) is 5.83. The maximum atomic E-state index is 12.4. The molecule has 0 fully saturated rings. The highest BCUT2D eigenvalue weighted by Gasteiger charge is 2.37. The van der Waals surface area contributed by atoms with Crippen LogP contribution in [0.15, 0.2) is 17.2 Å². The van der Waals surface area contributed by atoms with Crippen molar-refractivity contribution in [1.29, 1.82) is 0 Å². The summed E-state index contributed by atoms with van der Waals surface area (Å²) in [5.41, 5.74) is -0.410. The van der Waals surface area contributed by atoms with Crippen LogP contribution in [-0.2, 0) is 10.0 Å². The molecule has 2 N–H and O–H groups in total. The van der Waals surface area contributed by atoms with Crippen LogP contribution in [0, 0.1) is 0 Å². The summed E-state index contributed by atoms with van der Waals surface area (Å²) in [5, 5.41) is 8.67. The number of carbonyl (C=O) groups is 1. The Morgan fingerprint density at radius 2 is 2.05 bits per heavy atom. The highest BCUT2D eigenvalue weighted by Crippen LogP contribution is 2.23. The van der Waals surface area contributed by atoms with Crippen molar-refractivity contribution in [1.82, 2.24) is 9.29 Å². The van der Waals surface area contributed by atoms with E-state index in [-0.39, 0.29) is 17.3 Å². The van der Waals surface area contributed by atoms with Gasteiger partial charge in [0.1, 0.15) is 17.1 Å². The van der Waals surface area contributed by atoms with Crippen LogP contribution in [0.3, 0.4) is 0 Å². The Labute approximate surface area is 113 Å². The van der Waals surface area contributed by atoms with Gasteiger partial charge in [0, 0.05) is 12.7 Å². The molecule has 0 spiro atoms. The van der Waals surface area contributed by atoms with Crippen LogP contribution in [0.25, 0.3) is 0 Å². The van der Waals surface area contributed by atoms with E-state index in [1.165, 1.54) is 0 Å². The molecule has 0 aliphatic carbocycles. The van der Waals surface area contributed by atoms with Gasteiger partial charge in [-0.2, -0.15) is 17.5 Å². The van der Waals surface area contributed by atoms with E-state index in [0.29, 0.717) is 0 Å². The van der Waals surface area contributed by atoms with Crippen LogP contribution >= 0.6 is 0 Å². The molecular weight excluding hydrogens is 301 g/mol. The maximum Gasteiger partial charge on any atom is 0.402 e. The summed E-state index contributed by atoms with van der Waals surface area (Å²) in [6.45, 7) is -0.384. The summed E-state index contributed by atoms with van der Waals surface area (Å²) in [7, 11) is -4.39. The summed E-state index contributed by atoms with van der Waals surface area (Å²) < 4.78 is 61.6. The minimum absolute atomic E-state index is 0.200. The van der Waals surface area contributed by atoms with E-state index in [4.69, 9.17) is 5.11 Å². The van der Waals surface area contributed by atoms with E-state index in [0.717, 1.165) is 12.3 Å². The lowest BCUT2D eigenvalue weighted by Gasteiger charge is -2.22. The number of nitrogens with zero attached hydrogens (tertiary/aromatic N) is 1. The quantitative estimate of drug-likeness (QED) is 0.836. The number of halogens is 3. The van der Waals surface area contributed by atoms with E-state index in [9.17, 15) is 26.4 Å². The number of H-pyrrole nitrogens is 1. The molecule has 0 aliphatic rings. The molecule has 10 heteroatoms. The second-order valence-corrected chi connectivity index (χ2v) is 5.95. The average Bonchev–Trinajstić information content (AvgIpc) is 2.76. The number of alkyl halides is 3. The van der Waals surface area contributed by atoms with Crippen molar-refractivity contribution >= 4 is 16.0 Å². The standard InChI is InChI=1S/C10H13F3N2O4S/c1-2-3-15(6-10(11,12)13)20(18,19)7-4-8(9(16)17)14-5-7/h4-5,14H,2-3,6H2,1H3,(H,16,17). The van der Waals surface area contributed by atoms with E-state index < -0.39 is 39.3 Å². The van der Waals surface area contributed by atoms with Crippen LogP contribution in [0.4, 0.5) is 13.2 Å². The van der Waals surface area contributed by atoms with Crippen molar-refractivity contribution in [3.63, 3.8) is 0 Å². The molecule has 20 heavy (non-hydrogen) atoms. The number of rotatable bonds is 6. The number of carboxylic acids is 1. The molecule has 1 rings (SSSR count). The van der Waals surface area contributed by atoms with Crippen molar-refractivity contribution in [2.75, 3.05) is 13.1 Å². The molecule has 114 valence electrons. The summed E-state index contributed by atoms with van der Waals surface area (Å²) in [6, 6.07) is 0.788. The number of hydrogen-bond acceptors (Lipinski definition) is 3. The monoisotopic (exact) mass is 314 g/mol. The highest BCUT2D eigenvalue weighted by atomic mass is 32.2. The minimum Gasteiger partial charge on any atom is -0.477 e. The van der Waals surface area contributed by atoms with Gasteiger partial charge in [0.05, 0.1) is 0 Å². The van der Waals surface area contributed by atoms with Crippen molar-refractivity contribution in [2.45, 2.75) is 24.4 Å². The molecule has 6 nitrogen and oxygen atoms in total. The third-order valence-electron chi connectivity index (χ3n) is 2.35. The summed E-state index contributed by atoms with van der Waals surface area (Å²) >= 11 is 0. The highest BCUT2D eigenvalue weighted by molar-refractivity contribution is 7.89. The number of sulfonamides is 1. The molecule has 0 amide bonds. The predicted octanol–water partition coefficient (Wildman–Crippen LogP) is 1.68. The molecule has 0 aromatic carbocycles. The maximum absolute atomic E-state index is 12.4. The SMILES string of the molecule is CCCN(CC(F)(F)F)S(=O)(=O)c1c[nH]c(C(=O)O)c1. The van der Waals surface area contributed by atoms with Gasteiger partial charge in [-0.05, 0) is 12.5 Å². The second-order valence-electron chi connectivity index (χ2n) is 4.01. The fourth-order valence-corrected chi connectivity index (χ4v) is 3.04. The van der Waals surface area contributed by atoms with Gasteiger partial charge in [0.15, 0.2) is 0 Å². The van der Waals surface area contributed by atoms with Gasteiger partial charge < -0.3 is 10.1 Å². The Kier molecular flexibility index (Phi) is 4.81. The van der Waals surface area contributed by atoms with Crippen LogP contribution in [-0.4, -0.2) is 48.0 Å². The number of aromatic nitrogens is 1. The first-order chi connectivity index (χ1) is 9.08. The zero-order valence-electron chi connectivity index (χ0n) is 10.4. The Hall–Kier alpha value is -1.55. The summed E-state index contributed by atoms with van der Waals surface area (Å²) in [6.07, 6.45) is -3.61. The van der Waals surface area contributed by atoms with Crippen molar-refractivity contribution in [3.8, 4) is 0 Å². The average molecular weight is 314 g/mol. The van der Waals surface area contributed by atoms with Gasteiger partial charge in [0.25, 0.3) is 0 Å². The number of nitrogens with one attached hydrogen (secondary N) is 1. The molecule has 1 aromatic heterocycles. The Morgan fingerprint density at radius 1 is 1.45 bits per heavy atom. The third-order valence-corrected chi connectivity index (χ3v) is 4.18. The molecule has 0 unspecified atom stereocenters. The molecular formula is C10H13F3N2O4S. The molecule has 1 heterocycles. The first-order valence-electron chi connectivity index (χ1n) is 5.56.